The lowest BCUT2D eigenvalue weighted by Gasteiger charge is -1.96. The van der Waals surface area contributed by atoms with Gasteiger partial charge in [0.15, 0.2) is 0 Å². The summed E-state index contributed by atoms with van der Waals surface area (Å²) in [6.07, 6.45) is 5.76. The molecule has 1 aromatic rings. The first-order valence-electron chi connectivity index (χ1n) is 3.16. The van der Waals surface area contributed by atoms with Crippen molar-refractivity contribution >= 4 is 0 Å². The van der Waals surface area contributed by atoms with E-state index in [-0.39, 0.29) is 0 Å². The van der Waals surface area contributed by atoms with Crippen molar-refractivity contribution in [3.63, 3.8) is 0 Å². The Bertz CT molecular complexity index is 194. The summed E-state index contributed by atoms with van der Waals surface area (Å²) in [6, 6.07) is 2.03. The summed E-state index contributed by atoms with van der Waals surface area (Å²) in [6.45, 7) is 4.17. The third-order valence-electron chi connectivity index (χ3n) is 1.45. The highest BCUT2D eigenvalue weighted by Crippen LogP contribution is 2.03. The maximum Gasteiger partial charge on any atom is 0.0920 e. The van der Waals surface area contributed by atoms with Crippen molar-refractivity contribution in [2.45, 2.75) is 20.3 Å². The van der Waals surface area contributed by atoms with Crippen molar-refractivity contribution in [2.24, 2.45) is 0 Å². The van der Waals surface area contributed by atoms with E-state index < -0.39 is 0 Å². The minimum atomic E-state index is 1.07. The maximum absolute atomic E-state index is 3.87. The summed E-state index contributed by atoms with van der Waals surface area (Å²) >= 11 is 0. The van der Waals surface area contributed by atoms with E-state index in [2.05, 4.69) is 18.1 Å². The molecular formula is C8H10N. The molecule has 0 aliphatic carbocycles. The fourth-order valence-electron chi connectivity index (χ4n) is 0.841. The number of aromatic nitrogens is 1. The molecule has 0 N–H and O–H groups in total. The largest absolute Gasteiger partial charge is 0.254 e. The molecule has 0 saturated carbocycles. The second-order valence-corrected chi connectivity index (χ2v) is 2.06. The van der Waals surface area contributed by atoms with Crippen molar-refractivity contribution in [3.05, 3.63) is 29.6 Å². The molecule has 1 heterocycles. The number of hydrogen-bond acceptors (Lipinski definition) is 1. The molecule has 0 saturated heterocycles. The highest BCUT2D eigenvalue weighted by molar-refractivity contribution is 5.19. The molecule has 1 aromatic heterocycles. The van der Waals surface area contributed by atoms with Gasteiger partial charge < -0.3 is 0 Å². The Morgan fingerprint density at radius 3 is 2.89 bits per heavy atom. The normalized spacial score (nSPS) is 9.56. The van der Waals surface area contributed by atoms with Crippen molar-refractivity contribution in [2.75, 3.05) is 0 Å². The van der Waals surface area contributed by atoms with E-state index in [4.69, 9.17) is 0 Å². The Kier molecular flexibility index (Phi) is 1.83. The summed E-state index contributed by atoms with van der Waals surface area (Å²) in [5.41, 5.74) is 2.50. The van der Waals surface area contributed by atoms with E-state index in [0.717, 1.165) is 6.42 Å². The second kappa shape index (κ2) is 2.62. The first kappa shape index (κ1) is 6.27. The molecule has 0 unspecified atom stereocenters. The van der Waals surface area contributed by atoms with Crippen LogP contribution in [0.25, 0.3) is 0 Å². The lowest BCUT2D eigenvalue weighted by Crippen LogP contribution is -1.86. The van der Waals surface area contributed by atoms with Gasteiger partial charge in [0.25, 0.3) is 0 Å². The molecular weight excluding hydrogens is 110 g/mol. The van der Waals surface area contributed by atoms with Crippen LogP contribution >= 0.6 is 0 Å². The van der Waals surface area contributed by atoms with Crippen LogP contribution in [0.2, 0.25) is 0 Å². The summed E-state index contributed by atoms with van der Waals surface area (Å²) in [5.74, 6) is 0. The van der Waals surface area contributed by atoms with Crippen molar-refractivity contribution in [1.29, 1.82) is 0 Å². The van der Waals surface area contributed by atoms with E-state index >= 15 is 0 Å². The SMILES string of the molecule is CCc1ccn[c]c1C. The van der Waals surface area contributed by atoms with Gasteiger partial charge in [-0.2, -0.15) is 0 Å². The van der Waals surface area contributed by atoms with Gasteiger partial charge in [-0.1, -0.05) is 6.92 Å². The summed E-state index contributed by atoms with van der Waals surface area (Å²) in [4.78, 5) is 3.87. The van der Waals surface area contributed by atoms with Gasteiger partial charge in [-0.15, -0.1) is 0 Å². The van der Waals surface area contributed by atoms with Crippen LogP contribution in [-0.4, -0.2) is 4.98 Å². The van der Waals surface area contributed by atoms with Crippen LogP contribution in [0.3, 0.4) is 0 Å². The Labute approximate surface area is 55.7 Å². The van der Waals surface area contributed by atoms with Gasteiger partial charge >= 0.3 is 0 Å². The molecule has 0 aromatic carbocycles. The monoisotopic (exact) mass is 120 g/mol. The molecule has 0 spiro atoms. The number of nitrogens with zero attached hydrogens (tertiary/aromatic N) is 1. The fraction of sp³-hybridized carbons (Fsp3) is 0.375. The van der Waals surface area contributed by atoms with Crippen molar-refractivity contribution in [3.8, 4) is 0 Å². The minimum Gasteiger partial charge on any atom is -0.254 e. The molecule has 1 nitrogen and oxygen atoms in total. The van der Waals surface area contributed by atoms with Gasteiger partial charge in [-0.25, -0.2) is 0 Å². The van der Waals surface area contributed by atoms with Crippen LogP contribution in [0.4, 0.5) is 0 Å². The number of pyridine rings is 1. The van der Waals surface area contributed by atoms with Crippen LogP contribution in [0.1, 0.15) is 18.1 Å². The Morgan fingerprint density at radius 1 is 1.67 bits per heavy atom. The quantitative estimate of drug-likeness (QED) is 0.550. The van der Waals surface area contributed by atoms with E-state index in [1.807, 2.05) is 13.0 Å². The van der Waals surface area contributed by atoms with Crippen LogP contribution in [-0.2, 0) is 6.42 Å². The van der Waals surface area contributed by atoms with Crippen LogP contribution in [0.15, 0.2) is 12.3 Å². The zero-order valence-corrected chi connectivity index (χ0v) is 5.81. The minimum absolute atomic E-state index is 1.07. The van der Waals surface area contributed by atoms with Gasteiger partial charge in [0.2, 0.25) is 0 Å². The van der Waals surface area contributed by atoms with Gasteiger partial charge in [0.05, 0.1) is 6.20 Å². The average Bonchev–Trinajstić information content (AvgIpc) is 1.89. The zero-order chi connectivity index (χ0) is 6.69. The molecule has 0 atom stereocenters. The number of aryl methyl sites for hydroxylation is 2. The lowest BCUT2D eigenvalue weighted by molar-refractivity contribution is 1.08. The predicted molar refractivity (Wildman–Crippen MR) is 37.2 cm³/mol. The molecule has 0 aliphatic heterocycles. The first-order chi connectivity index (χ1) is 4.34. The van der Waals surface area contributed by atoms with Gasteiger partial charge in [0.1, 0.15) is 0 Å². The molecule has 0 bridgehead atoms. The number of hydrogen-bond donors (Lipinski definition) is 0. The second-order valence-electron chi connectivity index (χ2n) is 2.06. The zero-order valence-electron chi connectivity index (χ0n) is 5.81. The van der Waals surface area contributed by atoms with E-state index in [9.17, 15) is 0 Å². The molecule has 47 valence electrons. The molecule has 9 heavy (non-hydrogen) atoms. The highest BCUT2D eigenvalue weighted by atomic mass is 14.6. The van der Waals surface area contributed by atoms with Gasteiger partial charge in [-0.05, 0) is 30.5 Å². The molecule has 1 heteroatoms. The third kappa shape index (κ3) is 1.28. The van der Waals surface area contributed by atoms with E-state index in [1.54, 1.807) is 6.20 Å². The average molecular weight is 120 g/mol. The Hall–Kier alpha value is -0.850. The lowest BCUT2D eigenvalue weighted by atomic mass is 10.1. The van der Waals surface area contributed by atoms with Gasteiger partial charge in [0, 0.05) is 6.20 Å². The standard InChI is InChI=1S/C8H10N/c1-3-8-4-5-9-6-7(8)2/h4-5H,3H2,1-2H3. The fourth-order valence-corrected chi connectivity index (χ4v) is 0.841. The summed E-state index contributed by atoms with van der Waals surface area (Å²) in [5, 5.41) is 0. The van der Waals surface area contributed by atoms with Crippen LogP contribution < -0.4 is 0 Å². The first-order valence-corrected chi connectivity index (χ1v) is 3.16. The van der Waals surface area contributed by atoms with E-state index in [1.165, 1.54) is 11.1 Å². The smallest absolute Gasteiger partial charge is 0.0920 e. The summed E-state index contributed by atoms with van der Waals surface area (Å²) in [7, 11) is 0. The molecule has 1 radical (unpaired) electrons. The molecule has 1 rings (SSSR count). The topological polar surface area (TPSA) is 12.9 Å². The maximum atomic E-state index is 3.87. The predicted octanol–water partition coefficient (Wildman–Crippen LogP) is 1.75. The molecule has 0 aliphatic rings. The summed E-state index contributed by atoms with van der Waals surface area (Å²) < 4.78 is 0. The van der Waals surface area contributed by atoms with Crippen molar-refractivity contribution < 1.29 is 0 Å². The molecule has 0 amide bonds. The third-order valence-corrected chi connectivity index (χ3v) is 1.45. The van der Waals surface area contributed by atoms with Gasteiger partial charge in [-0.3, -0.25) is 4.98 Å². The molecule has 0 fully saturated rings. The Morgan fingerprint density at radius 2 is 2.44 bits per heavy atom. The van der Waals surface area contributed by atoms with E-state index in [0.29, 0.717) is 0 Å². The highest BCUT2D eigenvalue weighted by Gasteiger charge is 1.91. The van der Waals surface area contributed by atoms with Crippen molar-refractivity contribution in [1.82, 2.24) is 4.98 Å². The number of rotatable bonds is 1. The Balaban J connectivity index is 3.01. The van der Waals surface area contributed by atoms with Crippen LogP contribution in [0, 0.1) is 13.1 Å². The van der Waals surface area contributed by atoms with Crippen LogP contribution in [0.5, 0.6) is 0 Å².